The second-order valence-corrected chi connectivity index (χ2v) is 7.00. The van der Waals surface area contributed by atoms with Crippen LogP contribution in [0.3, 0.4) is 0 Å². The Morgan fingerprint density at radius 1 is 1.45 bits per heavy atom. The molecule has 6 nitrogen and oxygen atoms in total. The Labute approximate surface area is 118 Å². The lowest BCUT2D eigenvalue weighted by atomic mass is 10.2. The molecule has 0 spiro atoms. The van der Waals surface area contributed by atoms with Gasteiger partial charge in [-0.1, -0.05) is 12.8 Å². The summed E-state index contributed by atoms with van der Waals surface area (Å²) in [5.74, 6) is -0.0157. The molecule has 1 atom stereocenters. The zero-order valence-corrected chi connectivity index (χ0v) is 12.1. The molecular weight excluding hydrogens is 278 g/mol. The number of hydrogen-bond donors (Lipinski definition) is 3. The van der Waals surface area contributed by atoms with Crippen LogP contribution in [0.4, 0.5) is 5.69 Å². The topological polar surface area (TPSA) is 115 Å². The van der Waals surface area contributed by atoms with Gasteiger partial charge in [-0.25, -0.2) is 13.1 Å². The average Bonchev–Trinajstić information content (AvgIpc) is 3.11. The third-order valence-electron chi connectivity index (χ3n) is 3.32. The quantitative estimate of drug-likeness (QED) is 0.674. The van der Waals surface area contributed by atoms with E-state index in [0.717, 1.165) is 6.42 Å². The van der Waals surface area contributed by atoms with Gasteiger partial charge in [0.15, 0.2) is 0 Å². The monoisotopic (exact) mass is 297 g/mol. The van der Waals surface area contributed by atoms with Crippen LogP contribution < -0.4 is 16.2 Å². The summed E-state index contributed by atoms with van der Waals surface area (Å²) in [5.41, 5.74) is 11.0. The van der Waals surface area contributed by atoms with E-state index in [-0.39, 0.29) is 22.2 Å². The molecule has 7 heteroatoms. The molecule has 5 N–H and O–H groups in total. The fourth-order valence-electron chi connectivity index (χ4n) is 2.18. The van der Waals surface area contributed by atoms with Crippen LogP contribution in [-0.2, 0) is 10.0 Å². The van der Waals surface area contributed by atoms with Crippen LogP contribution in [0.2, 0.25) is 0 Å². The van der Waals surface area contributed by atoms with E-state index in [4.69, 9.17) is 11.5 Å². The van der Waals surface area contributed by atoms with Gasteiger partial charge in [-0.05, 0) is 37.5 Å². The fourth-order valence-corrected chi connectivity index (χ4v) is 3.55. The van der Waals surface area contributed by atoms with Gasteiger partial charge >= 0.3 is 0 Å². The maximum atomic E-state index is 12.2. The highest BCUT2D eigenvalue weighted by atomic mass is 32.2. The number of primary amides is 1. The van der Waals surface area contributed by atoms with Crippen molar-refractivity contribution in [1.82, 2.24) is 4.72 Å². The number of nitrogen functional groups attached to an aromatic ring is 1. The van der Waals surface area contributed by atoms with Gasteiger partial charge in [-0.15, -0.1) is 0 Å². The number of carbonyl (C=O) groups is 1. The molecule has 1 aliphatic carbocycles. The van der Waals surface area contributed by atoms with Crippen LogP contribution in [0.15, 0.2) is 23.1 Å². The molecule has 1 aliphatic rings. The predicted molar refractivity (Wildman–Crippen MR) is 76.5 cm³/mol. The summed E-state index contributed by atoms with van der Waals surface area (Å²) >= 11 is 0. The summed E-state index contributed by atoms with van der Waals surface area (Å²) in [5, 5.41) is 0. The Hall–Kier alpha value is -1.60. The first kappa shape index (κ1) is 14.8. The van der Waals surface area contributed by atoms with Crippen molar-refractivity contribution >= 4 is 21.6 Å². The summed E-state index contributed by atoms with van der Waals surface area (Å²) in [6.45, 7) is 1.84. The molecule has 110 valence electrons. The van der Waals surface area contributed by atoms with Gasteiger partial charge in [0.1, 0.15) is 4.90 Å². The van der Waals surface area contributed by atoms with Crippen LogP contribution in [0.5, 0.6) is 0 Å². The molecule has 1 aromatic rings. The van der Waals surface area contributed by atoms with Gasteiger partial charge < -0.3 is 11.5 Å². The Kier molecular flexibility index (Phi) is 4.01. The second kappa shape index (κ2) is 5.41. The summed E-state index contributed by atoms with van der Waals surface area (Å²) in [4.78, 5) is 11.0. The standard InChI is InChI=1S/C13H19N3O3S/c1-8(6-9-2-3-9)16-20(18,19)12-5-4-10(13(15)17)7-11(12)14/h4-5,7-9,16H,2-3,6,14H2,1H3,(H2,15,17). The number of carbonyl (C=O) groups excluding carboxylic acids is 1. The molecule has 1 unspecified atom stereocenters. The highest BCUT2D eigenvalue weighted by Crippen LogP contribution is 2.33. The lowest BCUT2D eigenvalue weighted by Gasteiger charge is -2.15. The first-order valence-corrected chi connectivity index (χ1v) is 7.99. The van der Waals surface area contributed by atoms with Crippen LogP contribution in [0.25, 0.3) is 0 Å². The number of anilines is 1. The van der Waals surface area contributed by atoms with Crippen molar-refractivity contribution in [3.05, 3.63) is 23.8 Å². The number of rotatable bonds is 6. The van der Waals surface area contributed by atoms with Gasteiger partial charge in [-0.2, -0.15) is 0 Å². The van der Waals surface area contributed by atoms with Crippen molar-refractivity contribution in [3.8, 4) is 0 Å². The van der Waals surface area contributed by atoms with E-state index in [1.807, 2.05) is 6.92 Å². The third-order valence-corrected chi connectivity index (χ3v) is 4.99. The zero-order valence-electron chi connectivity index (χ0n) is 11.3. The van der Waals surface area contributed by atoms with Crippen molar-refractivity contribution in [2.24, 2.45) is 11.7 Å². The molecule has 2 rings (SSSR count). The van der Waals surface area contributed by atoms with Crippen molar-refractivity contribution < 1.29 is 13.2 Å². The van der Waals surface area contributed by atoms with Crippen LogP contribution in [-0.4, -0.2) is 20.4 Å². The van der Waals surface area contributed by atoms with E-state index in [2.05, 4.69) is 4.72 Å². The van der Waals surface area contributed by atoms with Gasteiger partial charge in [0.2, 0.25) is 15.9 Å². The van der Waals surface area contributed by atoms with Gasteiger partial charge in [0, 0.05) is 11.6 Å². The molecule has 0 aromatic heterocycles. The molecular formula is C13H19N3O3S. The van der Waals surface area contributed by atoms with Gasteiger partial charge in [-0.3, -0.25) is 4.79 Å². The molecule has 0 bridgehead atoms. The van der Waals surface area contributed by atoms with Crippen LogP contribution in [0.1, 0.15) is 36.5 Å². The molecule has 1 fully saturated rings. The number of benzene rings is 1. The highest BCUT2D eigenvalue weighted by molar-refractivity contribution is 7.89. The second-order valence-electron chi connectivity index (χ2n) is 5.32. The molecule has 1 saturated carbocycles. The molecule has 0 radical (unpaired) electrons. The molecule has 1 amide bonds. The first-order valence-electron chi connectivity index (χ1n) is 6.51. The Morgan fingerprint density at radius 3 is 2.60 bits per heavy atom. The average molecular weight is 297 g/mol. The van der Waals surface area contributed by atoms with Crippen LogP contribution >= 0.6 is 0 Å². The molecule has 1 aromatic carbocycles. The number of sulfonamides is 1. The number of hydrogen-bond acceptors (Lipinski definition) is 4. The van der Waals surface area contributed by atoms with E-state index in [0.29, 0.717) is 5.92 Å². The largest absolute Gasteiger partial charge is 0.398 e. The van der Waals surface area contributed by atoms with Gasteiger partial charge in [0.25, 0.3) is 0 Å². The number of amides is 1. The third kappa shape index (κ3) is 3.49. The Balaban J connectivity index is 2.17. The SMILES string of the molecule is CC(CC1CC1)NS(=O)(=O)c1ccc(C(N)=O)cc1N. The van der Waals surface area contributed by atoms with Crippen molar-refractivity contribution in [1.29, 1.82) is 0 Å². The van der Waals surface area contributed by atoms with Crippen molar-refractivity contribution in [2.45, 2.75) is 37.1 Å². The molecule has 0 aliphatic heterocycles. The predicted octanol–water partition coefficient (Wildman–Crippen LogP) is 0.835. The summed E-state index contributed by atoms with van der Waals surface area (Å²) in [6, 6.07) is 3.81. The lowest BCUT2D eigenvalue weighted by Crippen LogP contribution is -2.33. The Bertz CT molecular complexity index is 624. The van der Waals surface area contributed by atoms with Crippen molar-refractivity contribution in [3.63, 3.8) is 0 Å². The van der Waals surface area contributed by atoms with Gasteiger partial charge in [0.05, 0.1) is 5.69 Å². The smallest absolute Gasteiger partial charge is 0.248 e. The van der Waals surface area contributed by atoms with E-state index in [9.17, 15) is 13.2 Å². The maximum absolute atomic E-state index is 12.2. The maximum Gasteiger partial charge on any atom is 0.248 e. The Morgan fingerprint density at radius 2 is 2.10 bits per heavy atom. The normalized spacial score (nSPS) is 16.9. The number of nitrogens with one attached hydrogen (secondary N) is 1. The molecule has 0 heterocycles. The zero-order chi connectivity index (χ0) is 14.9. The van der Waals surface area contributed by atoms with Crippen LogP contribution in [0, 0.1) is 5.92 Å². The van der Waals surface area contributed by atoms with E-state index in [1.54, 1.807) is 0 Å². The minimum atomic E-state index is -3.68. The summed E-state index contributed by atoms with van der Waals surface area (Å²) in [6.07, 6.45) is 3.17. The summed E-state index contributed by atoms with van der Waals surface area (Å²) < 4.78 is 27.1. The van der Waals surface area contributed by atoms with Crippen molar-refractivity contribution in [2.75, 3.05) is 5.73 Å². The fraction of sp³-hybridized carbons (Fsp3) is 0.462. The minimum absolute atomic E-state index is 0.0208. The molecule has 20 heavy (non-hydrogen) atoms. The first-order chi connectivity index (χ1) is 9.29. The summed E-state index contributed by atoms with van der Waals surface area (Å²) in [7, 11) is -3.68. The minimum Gasteiger partial charge on any atom is -0.398 e. The lowest BCUT2D eigenvalue weighted by molar-refractivity contribution is 0.1000. The number of nitrogens with two attached hydrogens (primary N) is 2. The van der Waals surface area contributed by atoms with E-state index >= 15 is 0 Å². The van der Waals surface area contributed by atoms with E-state index in [1.165, 1.54) is 31.0 Å². The van der Waals surface area contributed by atoms with E-state index < -0.39 is 15.9 Å². The molecule has 0 saturated heterocycles. The highest BCUT2D eigenvalue weighted by Gasteiger charge is 2.27.